The summed E-state index contributed by atoms with van der Waals surface area (Å²) in [6, 6.07) is 5.67. The smallest absolute Gasteiger partial charge is 0.137 e. The molecule has 0 saturated heterocycles. The van der Waals surface area contributed by atoms with E-state index >= 15 is 0 Å². The van der Waals surface area contributed by atoms with E-state index in [1.165, 1.54) is 0 Å². The van der Waals surface area contributed by atoms with Crippen molar-refractivity contribution in [2.45, 2.75) is 20.3 Å². The van der Waals surface area contributed by atoms with Crippen LogP contribution in [0.15, 0.2) is 24.5 Å². The largest absolute Gasteiger partial charge is 0.399 e. The molecule has 0 saturated carbocycles. The summed E-state index contributed by atoms with van der Waals surface area (Å²) in [6.07, 6.45) is 2.51. The van der Waals surface area contributed by atoms with Gasteiger partial charge in [-0.25, -0.2) is 9.97 Å². The van der Waals surface area contributed by atoms with E-state index < -0.39 is 0 Å². The van der Waals surface area contributed by atoms with Crippen LogP contribution >= 0.6 is 0 Å². The number of rotatable bonds is 7. The second-order valence-corrected chi connectivity index (χ2v) is 5.25. The van der Waals surface area contributed by atoms with Crippen LogP contribution in [0.5, 0.6) is 0 Å². The van der Waals surface area contributed by atoms with Gasteiger partial charge in [-0.05, 0) is 30.5 Å². The van der Waals surface area contributed by atoms with E-state index in [9.17, 15) is 0 Å². The minimum atomic E-state index is 0.583. The maximum atomic E-state index is 5.76. The maximum Gasteiger partial charge on any atom is 0.137 e. The number of benzene rings is 1. The molecule has 0 amide bonds. The van der Waals surface area contributed by atoms with Crippen molar-refractivity contribution >= 4 is 22.4 Å². The summed E-state index contributed by atoms with van der Waals surface area (Å²) in [6.45, 7) is 6.71. The molecule has 1 aromatic heterocycles. The monoisotopic (exact) mass is 274 g/mol. The molecule has 2 aromatic rings. The number of ether oxygens (including phenoxy) is 1. The Hall–Kier alpha value is -1.88. The van der Waals surface area contributed by atoms with E-state index in [-0.39, 0.29) is 0 Å². The highest BCUT2D eigenvalue weighted by Crippen LogP contribution is 2.20. The number of aromatic nitrogens is 2. The van der Waals surface area contributed by atoms with Gasteiger partial charge in [-0.2, -0.15) is 0 Å². The van der Waals surface area contributed by atoms with Gasteiger partial charge in [0.2, 0.25) is 0 Å². The predicted octanol–water partition coefficient (Wildman–Crippen LogP) is 2.69. The molecule has 0 unspecified atom stereocenters. The summed E-state index contributed by atoms with van der Waals surface area (Å²) in [5, 5.41) is 4.31. The van der Waals surface area contributed by atoms with E-state index in [1.807, 2.05) is 18.2 Å². The standard InChI is InChI=1S/C15H22N4O/c1-11(2)9-20-7-3-6-17-15-13-5-4-12(16)8-14(13)18-10-19-15/h4-5,8,10-11H,3,6-7,9,16H2,1-2H3,(H,17,18,19). The predicted molar refractivity (Wildman–Crippen MR) is 82.7 cm³/mol. The molecule has 1 heterocycles. The van der Waals surface area contributed by atoms with Gasteiger partial charge in [0.1, 0.15) is 12.1 Å². The first-order chi connectivity index (χ1) is 9.66. The van der Waals surface area contributed by atoms with Crippen LogP contribution in [-0.2, 0) is 4.74 Å². The molecule has 5 heteroatoms. The molecule has 5 nitrogen and oxygen atoms in total. The van der Waals surface area contributed by atoms with Crippen molar-refractivity contribution in [2.24, 2.45) is 5.92 Å². The Morgan fingerprint density at radius 2 is 2.15 bits per heavy atom. The first-order valence-electron chi connectivity index (χ1n) is 6.98. The van der Waals surface area contributed by atoms with Gasteiger partial charge >= 0.3 is 0 Å². The minimum Gasteiger partial charge on any atom is -0.399 e. The van der Waals surface area contributed by atoms with Gasteiger partial charge in [0.05, 0.1) is 5.52 Å². The second-order valence-electron chi connectivity index (χ2n) is 5.25. The van der Waals surface area contributed by atoms with Gasteiger partial charge in [-0.15, -0.1) is 0 Å². The molecular weight excluding hydrogens is 252 g/mol. The number of nitrogen functional groups attached to an aromatic ring is 1. The van der Waals surface area contributed by atoms with E-state index in [4.69, 9.17) is 10.5 Å². The first-order valence-corrected chi connectivity index (χ1v) is 6.98. The van der Waals surface area contributed by atoms with Gasteiger partial charge < -0.3 is 15.8 Å². The van der Waals surface area contributed by atoms with Crippen LogP contribution in [0.4, 0.5) is 11.5 Å². The molecule has 0 spiro atoms. The van der Waals surface area contributed by atoms with Crippen molar-refractivity contribution in [1.82, 2.24) is 9.97 Å². The first kappa shape index (κ1) is 14.5. The molecule has 0 fully saturated rings. The van der Waals surface area contributed by atoms with Crippen molar-refractivity contribution in [3.05, 3.63) is 24.5 Å². The lowest BCUT2D eigenvalue weighted by Gasteiger charge is -2.09. The van der Waals surface area contributed by atoms with E-state index in [0.29, 0.717) is 11.6 Å². The van der Waals surface area contributed by atoms with Crippen molar-refractivity contribution < 1.29 is 4.74 Å². The van der Waals surface area contributed by atoms with Crippen molar-refractivity contribution in [3.8, 4) is 0 Å². The van der Waals surface area contributed by atoms with Gasteiger partial charge in [0.15, 0.2) is 0 Å². The molecule has 0 atom stereocenters. The van der Waals surface area contributed by atoms with Gasteiger partial charge in [0.25, 0.3) is 0 Å². The zero-order valence-electron chi connectivity index (χ0n) is 12.1. The number of hydrogen-bond donors (Lipinski definition) is 2. The molecule has 0 bridgehead atoms. The molecule has 3 N–H and O–H groups in total. The molecule has 0 aliphatic carbocycles. The fourth-order valence-electron chi connectivity index (χ4n) is 1.91. The minimum absolute atomic E-state index is 0.583. The highest BCUT2D eigenvalue weighted by Gasteiger charge is 2.03. The van der Waals surface area contributed by atoms with Crippen molar-refractivity contribution in [1.29, 1.82) is 0 Å². The summed E-state index contributed by atoms with van der Waals surface area (Å²) in [5.41, 5.74) is 7.33. The average molecular weight is 274 g/mol. The number of hydrogen-bond acceptors (Lipinski definition) is 5. The SMILES string of the molecule is CC(C)COCCCNc1ncnc2cc(N)ccc12. The second kappa shape index (κ2) is 7.05. The Morgan fingerprint density at radius 1 is 1.30 bits per heavy atom. The molecule has 0 aliphatic heterocycles. The molecule has 2 rings (SSSR count). The van der Waals surface area contributed by atoms with E-state index in [0.717, 1.165) is 42.9 Å². The highest BCUT2D eigenvalue weighted by atomic mass is 16.5. The molecule has 20 heavy (non-hydrogen) atoms. The summed E-state index contributed by atoms with van der Waals surface area (Å²) < 4.78 is 5.55. The van der Waals surface area contributed by atoms with E-state index in [2.05, 4.69) is 29.1 Å². The van der Waals surface area contributed by atoms with Crippen LogP contribution in [0.3, 0.4) is 0 Å². The zero-order valence-corrected chi connectivity index (χ0v) is 12.1. The Balaban J connectivity index is 1.87. The molecule has 0 radical (unpaired) electrons. The third-order valence-corrected chi connectivity index (χ3v) is 2.87. The van der Waals surface area contributed by atoms with Gasteiger partial charge in [-0.1, -0.05) is 13.8 Å². The Morgan fingerprint density at radius 3 is 2.95 bits per heavy atom. The van der Waals surface area contributed by atoms with Crippen LogP contribution < -0.4 is 11.1 Å². The maximum absolute atomic E-state index is 5.76. The van der Waals surface area contributed by atoms with Crippen molar-refractivity contribution in [3.63, 3.8) is 0 Å². The third kappa shape index (κ3) is 4.06. The molecule has 0 aliphatic rings. The van der Waals surface area contributed by atoms with Gasteiger partial charge in [-0.3, -0.25) is 0 Å². The lowest BCUT2D eigenvalue weighted by molar-refractivity contribution is 0.110. The van der Waals surface area contributed by atoms with E-state index in [1.54, 1.807) is 6.33 Å². The van der Waals surface area contributed by atoms with Crippen LogP contribution in [-0.4, -0.2) is 29.7 Å². The Kier molecular flexibility index (Phi) is 5.12. The number of nitrogens with one attached hydrogen (secondary N) is 1. The van der Waals surface area contributed by atoms with Crippen LogP contribution in [0.1, 0.15) is 20.3 Å². The quantitative estimate of drug-likeness (QED) is 0.600. The van der Waals surface area contributed by atoms with Crippen molar-refractivity contribution in [2.75, 3.05) is 30.8 Å². The summed E-state index contributed by atoms with van der Waals surface area (Å²) in [4.78, 5) is 8.50. The number of anilines is 2. The lowest BCUT2D eigenvalue weighted by Crippen LogP contribution is -2.09. The molecular formula is C15H22N4O. The number of nitrogens with two attached hydrogens (primary N) is 1. The van der Waals surface area contributed by atoms with Crippen LogP contribution in [0.2, 0.25) is 0 Å². The lowest BCUT2D eigenvalue weighted by atomic mass is 10.2. The normalized spacial score (nSPS) is 11.2. The summed E-state index contributed by atoms with van der Waals surface area (Å²) in [5.74, 6) is 1.43. The average Bonchev–Trinajstić information content (AvgIpc) is 2.42. The fourth-order valence-corrected chi connectivity index (χ4v) is 1.91. The van der Waals surface area contributed by atoms with Gasteiger partial charge in [0, 0.05) is 30.8 Å². The Bertz CT molecular complexity index is 557. The fraction of sp³-hybridized carbons (Fsp3) is 0.467. The van der Waals surface area contributed by atoms with Crippen LogP contribution in [0.25, 0.3) is 10.9 Å². The molecule has 108 valence electrons. The molecule has 1 aromatic carbocycles. The van der Waals surface area contributed by atoms with Crippen LogP contribution in [0, 0.1) is 5.92 Å². The number of fused-ring (bicyclic) bond motifs is 1. The zero-order chi connectivity index (χ0) is 14.4. The number of nitrogens with zero attached hydrogens (tertiary/aromatic N) is 2. The Labute approximate surface area is 119 Å². The summed E-state index contributed by atoms with van der Waals surface area (Å²) in [7, 11) is 0. The third-order valence-electron chi connectivity index (χ3n) is 2.87. The topological polar surface area (TPSA) is 73.1 Å². The summed E-state index contributed by atoms with van der Waals surface area (Å²) >= 11 is 0. The highest BCUT2D eigenvalue weighted by molar-refractivity contribution is 5.90.